The minimum atomic E-state index is -4.72. The third-order valence-corrected chi connectivity index (χ3v) is 8.97. The van der Waals surface area contributed by atoms with E-state index in [1.807, 2.05) is 6.20 Å². The summed E-state index contributed by atoms with van der Waals surface area (Å²) in [4.78, 5) is -0.490. The number of aromatic nitrogens is 2. The van der Waals surface area contributed by atoms with E-state index >= 15 is 0 Å². The van der Waals surface area contributed by atoms with Gasteiger partial charge in [-0.15, -0.1) is 0 Å². The van der Waals surface area contributed by atoms with Crippen LogP contribution in [-0.2, 0) is 22.7 Å². The highest BCUT2D eigenvalue weighted by Gasteiger charge is 2.37. The zero-order valence-corrected chi connectivity index (χ0v) is 23.9. The summed E-state index contributed by atoms with van der Waals surface area (Å²) in [5.41, 5.74) is 0.326. The summed E-state index contributed by atoms with van der Waals surface area (Å²) >= 11 is 6.22. The maximum atomic E-state index is 14.5. The molecule has 3 aromatic carbocycles. The molecule has 0 bridgehead atoms. The molecule has 0 spiro atoms. The Morgan fingerprint density at radius 2 is 1.90 bits per heavy atom. The third-order valence-electron chi connectivity index (χ3n) is 6.88. The monoisotopic (exact) mass is 619 g/mol. The molecule has 1 atom stereocenters. The van der Waals surface area contributed by atoms with Crippen molar-refractivity contribution in [1.82, 2.24) is 9.78 Å². The number of sulfonamides is 1. The Bertz CT molecular complexity index is 1700. The van der Waals surface area contributed by atoms with Gasteiger partial charge in [-0.05, 0) is 79.4 Å². The number of alkyl halides is 3. The standard InChI is InChI=1S/C30H26ClF4N3O3S/c1-20(29-25(31)9-3-10-26(29)32)16-21-11-12-28-27(17-21)38(19-23(41-28)7-4-14-37-15-5-13-36-37)42(39,40)24-8-2-6-22(18-24)30(33,34)35/h2-3,5-6,8-13,15-18,23H,4,7,14,19H2,1H3/b20-16+/t23-/m0/s1. The van der Waals surface area contributed by atoms with Crippen LogP contribution in [0.25, 0.3) is 11.6 Å². The second-order valence-electron chi connectivity index (χ2n) is 9.86. The lowest BCUT2D eigenvalue weighted by molar-refractivity contribution is -0.137. The Balaban J connectivity index is 1.52. The van der Waals surface area contributed by atoms with Crippen molar-refractivity contribution < 1.29 is 30.7 Å². The topological polar surface area (TPSA) is 64.4 Å². The lowest BCUT2D eigenvalue weighted by Crippen LogP contribution is -2.43. The summed E-state index contributed by atoms with van der Waals surface area (Å²) in [6.07, 6.45) is 0.942. The Morgan fingerprint density at radius 1 is 1.12 bits per heavy atom. The van der Waals surface area contributed by atoms with Gasteiger partial charge in [0, 0.05) is 24.5 Å². The number of allylic oxidation sites excluding steroid dienone is 1. The van der Waals surface area contributed by atoms with Crippen molar-refractivity contribution in [2.75, 3.05) is 10.8 Å². The predicted octanol–water partition coefficient (Wildman–Crippen LogP) is 7.69. The number of anilines is 1. The van der Waals surface area contributed by atoms with Crippen molar-refractivity contribution in [2.24, 2.45) is 0 Å². The van der Waals surface area contributed by atoms with E-state index in [0.717, 1.165) is 22.5 Å². The minimum Gasteiger partial charge on any atom is -0.486 e. The van der Waals surface area contributed by atoms with Crippen LogP contribution in [0.15, 0.2) is 84.0 Å². The molecule has 1 aromatic heterocycles. The summed E-state index contributed by atoms with van der Waals surface area (Å²) in [5.74, 6) is -0.246. The summed E-state index contributed by atoms with van der Waals surface area (Å²) in [7, 11) is -4.44. The van der Waals surface area contributed by atoms with E-state index in [1.54, 1.807) is 54.2 Å². The molecule has 0 unspecified atom stereocenters. The first-order valence-corrected chi connectivity index (χ1v) is 14.9. The van der Waals surface area contributed by atoms with Crippen LogP contribution < -0.4 is 9.04 Å². The Labute approximate surface area is 245 Å². The van der Waals surface area contributed by atoms with Crippen molar-refractivity contribution >= 4 is 39.0 Å². The molecular weight excluding hydrogens is 594 g/mol. The van der Waals surface area contributed by atoms with Crippen molar-refractivity contribution in [3.63, 3.8) is 0 Å². The molecule has 12 heteroatoms. The fourth-order valence-corrected chi connectivity index (χ4v) is 6.72. The first-order chi connectivity index (χ1) is 19.9. The van der Waals surface area contributed by atoms with E-state index in [4.69, 9.17) is 16.3 Å². The minimum absolute atomic E-state index is 0.115. The second-order valence-corrected chi connectivity index (χ2v) is 12.1. The molecule has 2 heterocycles. The molecule has 1 aliphatic rings. The summed E-state index contributed by atoms with van der Waals surface area (Å²) in [6, 6.07) is 14.7. The van der Waals surface area contributed by atoms with Crippen molar-refractivity contribution in [3.8, 4) is 5.75 Å². The molecule has 4 aromatic rings. The molecule has 42 heavy (non-hydrogen) atoms. The number of halogens is 5. The van der Waals surface area contributed by atoms with Crippen molar-refractivity contribution in [1.29, 1.82) is 0 Å². The zero-order valence-electron chi connectivity index (χ0n) is 22.4. The number of nitrogens with zero attached hydrogens (tertiary/aromatic N) is 3. The summed E-state index contributed by atoms with van der Waals surface area (Å²) < 4.78 is 91.6. The van der Waals surface area contributed by atoms with Crippen molar-refractivity contribution in [2.45, 2.75) is 43.5 Å². The van der Waals surface area contributed by atoms with E-state index in [0.29, 0.717) is 36.6 Å². The zero-order chi connectivity index (χ0) is 30.1. The first-order valence-electron chi connectivity index (χ1n) is 13.0. The Morgan fingerprint density at radius 3 is 2.62 bits per heavy atom. The van der Waals surface area contributed by atoms with Crippen LogP contribution in [0, 0.1) is 5.82 Å². The third kappa shape index (κ3) is 6.32. The average Bonchev–Trinajstić information content (AvgIpc) is 3.46. The molecule has 0 amide bonds. The quantitative estimate of drug-likeness (QED) is 0.150. The molecule has 0 fully saturated rings. The lowest BCUT2D eigenvalue weighted by atomic mass is 10.0. The molecule has 0 saturated carbocycles. The van der Waals surface area contributed by atoms with Gasteiger partial charge in [0.2, 0.25) is 0 Å². The number of fused-ring (bicyclic) bond motifs is 1. The number of rotatable bonds is 8. The number of aryl methyl sites for hydroxylation is 1. The molecular formula is C30H26ClF4N3O3S. The number of benzene rings is 3. The summed E-state index contributed by atoms with van der Waals surface area (Å²) in [5, 5.41) is 4.38. The van der Waals surface area contributed by atoms with Gasteiger partial charge in [-0.3, -0.25) is 8.99 Å². The fraction of sp³-hybridized carbons (Fsp3) is 0.233. The van der Waals surface area contributed by atoms with Crippen LogP contribution in [-0.4, -0.2) is 30.8 Å². The van der Waals surface area contributed by atoms with Gasteiger partial charge in [0.25, 0.3) is 10.0 Å². The molecule has 0 saturated heterocycles. The van der Waals surface area contributed by atoms with Gasteiger partial charge in [-0.25, -0.2) is 12.8 Å². The van der Waals surface area contributed by atoms with Gasteiger partial charge in [-0.1, -0.05) is 35.9 Å². The fourth-order valence-electron chi connectivity index (χ4n) is 4.87. The largest absolute Gasteiger partial charge is 0.486 e. The Kier molecular flexibility index (Phi) is 8.34. The molecule has 5 rings (SSSR count). The van der Waals surface area contributed by atoms with E-state index < -0.39 is 38.6 Å². The van der Waals surface area contributed by atoms with Gasteiger partial charge in [0.15, 0.2) is 0 Å². The van der Waals surface area contributed by atoms with Gasteiger partial charge in [-0.2, -0.15) is 18.3 Å². The number of hydrogen-bond donors (Lipinski definition) is 0. The predicted molar refractivity (Wildman–Crippen MR) is 153 cm³/mol. The number of ether oxygens (including phenoxy) is 1. The molecule has 0 N–H and O–H groups in total. The highest BCUT2D eigenvalue weighted by molar-refractivity contribution is 7.92. The van der Waals surface area contributed by atoms with Crippen LogP contribution in [0.1, 0.15) is 36.5 Å². The van der Waals surface area contributed by atoms with E-state index in [-0.39, 0.29) is 28.6 Å². The van der Waals surface area contributed by atoms with Crippen LogP contribution >= 0.6 is 11.6 Å². The van der Waals surface area contributed by atoms with Crippen LogP contribution in [0.2, 0.25) is 5.02 Å². The molecule has 0 radical (unpaired) electrons. The van der Waals surface area contributed by atoms with Crippen LogP contribution in [0.5, 0.6) is 5.75 Å². The van der Waals surface area contributed by atoms with Crippen LogP contribution in [0.3, 0.4) is 0 Å². The van der Waals surface area contributed by atoms with Gasteiger partial charge < -0.3 is 4.74 Å². The highest BCUT2D eigenvalue weighted by atomic mass is 35.5. The maximum Gasteiger partial charge on any atom is 0.416 e. The molecule has 1 aliphatic heterocycles. The van der Waals surface area contributed by atoms with Crippen molar-refractivity contribution in [3.05, 3.63) is 107 Å². The molecule has 220 valence electrons. The maximum absolute atomic E-state index is 14.5. The smallest absolute Gasteiger partial charge is 0.416 e. The lowest BCUT2D eigenvalue weighted by Gasteiger charge is -2.36. The van der Waals surface area contributed by atoms with Gasteiger partial charge >= 0.3 is 6.18 Å². The van der Waals surface area contributed by atoms with Gasteiger partial charge in [0.05, 0.1) is 27.7 Å². The molecule has 0 aliphatic carbocycles. The Hall–Kier alpha value is -3.83. The highest BCUT2D eigenvalue weighted by Crippen LogP contribution is 2.40. The normalized spacial score (nSPS) is 15.8. The average molecular weight is 620 g/mol. The second kappa shape index (κ2) is 11.8. The van der Waals surface area contributed by atoms with E-state index in [1.165, 1.54) is 12.1 Å². The number of hydrogen-bond acceptors (Lipinski definition) is 4. The van der Waals surface area contributed by atoms with E-state index in [2.05, 4.69) is 5.10 Å². The first kappa shape index (κ1) is 29.7. The summed E-state index contributed by atoms with van der Waals surface area (Å²) in [6.45, 7) is 2.14. The SMILES string of the molecule is C/C(=C\c1ccc2c(c1)N(S(=O)(=O)c1cccc(C(F)(F)F)c1)C[C@H](CCCn1cccn1)O2)c1c(F)cccc1Cl. The van der Waals surface area contributed by atoms with Gasteiger partial charge in [0.1, 0.15) is 17.7 Å². The van der Waals surface area contributed by atoms with E-state index in [9.17, 15) is 26.0 Å². The molecule has 6 nitrogen and oxygen atoms in total. The van der Waals surface area contributed by atoms with Crippen LogP contribution in [0.4, 0.5) is 23.2 Å².